The van der Waals surface area contributed by atoms with E-state index in [1.807, 2.05) is 0 Å². The summed E-state index contributed by atoms with van der Waals surface area (Å²) < 4.78 is 11.4. The Balaban J connectivity index is 2.11. The van der Waals surface area contributed by atoms with Crippen LogP contribution in [0.5, 0.6) is 0 Å². The summed E-state index contributed by atoms with van der Waals surface area (Å²) in [5.74, 6) is -0.964. The molecule has 0 aliphatic heterocycles. The summed E-state index contributed by atoms with van der Waals surface area (Å²) in [6, 6.07) is 0. The van der Waals surface area contributed by atoms with E-state index in [0.717, 1.165) is 0 Å². The lowest BCUT2D eigenvalue weighted by molar-refractivity contribution is -0.161. The maximum absolute atomic E-state index is 11.0. The lowest BCUT2D eigenvalue weighted by Crippen LogP contribution is -2.41. The van der Waals surface area contributed by atoms with Crippen molar-refractivity contribution in [2.75, 3.05) is 18.9 Å². The van der Waals surface area contributed by atoms with Crippen molar-refractivity contribution in [3.8, 4) is 0 Å². The Morgan fingerprint density at radius 3 is 2.46 bits per heavy atom. The van der Waals surface area contributed by atoms with Gasteiger partial charge in [-0.15, -0.1) is 0 Å². The van der Waals surface area contributed by atoms with Gasteiger partial charge in [-0.2, -0.15) is 4.98 Å². The number of carbonyl (C=O) groups excluding carboxylic acids is 2. The molecule has 0 fully saturated rings. The highest BCUT2D eigenvalue weighted by molar-refractivity contribution is 5.70. The maximum atomic E-state index is 11.0. The number of aromatic nitrogens is 4. The number of fused-ring (bicyclic) bond motifs is 1. The van der Waals surface area contributed by atoms with Crippen molar-refractivity contribution in [3.63, 3.8) is 0 Å². The molecule has 0 aliphatic carbocycles. The Kier molecular flexibility index (Phi) is 5.29. The molecule has 2 rings (SSSR count). The Morgan fingerprint density at radius 2 is 1.88 bits per heavy atom. The minimum atomic E-state index is -1.52. The minimum absolute atomic E-state index is 0.110. The minimum Gasteiger partial charge on any atom is -0.463 e. The Morgan fingerprint density at radius 1 is 1.25 bits per heavy atom. The number of hydrogen-bond acceptors (Lipinski definition) is 9. The van der Waals surface area contributed by atoms with Gasteiger partial charge in [-0.05, 0) is 0 Å². The predicted octanol–water partition coefficient (Wildman–Crippen LogP) is -0.344. The van der Waals surface area contributed by atoms with Gasteiger partial charge in [-0.3, -0.25) is 9.59 Å². The van der Waals surface area contributed by atoms with Gasteiger partial charge in [0.05, 0.1) is 12.5 Å². The number of nitrogens with two attached hydrogens (primary N) is 1. The molecule has 0 aromatic carbocycles. The number of aryl methyl sites for hydroxylation is 1. The van der Waals surface area contributed by atoms with Crippen molar-refractivity contribution in [2.24, 2.45) is 0 Å². The molecule has 0 saturated heterocycles. The molecule has 0 saturated carbocycles. The van der Waals surface area contributed by atoms with Gasteiger partial charge in [0.15, 0.2) is 5.65 Å². The van der Waals surface area contributed by atoms with Crippen molar-refractivity contribution in [1.82, 2.24) is 19.5 Å². The van der Waals surface area contributed by atoms with Crippen LogP contribution in [0.2, 0.25) is 0 Å². The predicted molar refractivity (Wildman–Crippen MR) is 82.6 cm³/mol. The smallest absolute Gasteiger partial charge is 0.302 e. The zero-order chi connectivity index (χ0) is 17.7. The summed E-state index contributed by atoms with van der Waals surface area (Å²) in [5.41, 5.74) is 5.13. The summed E-state index contributed by atoms with van der Waals surface area (Å²) in [5, 5.41) is 10.6. The molecule has 0 bridgehead atoms. The van der Waals surface area contributed by atoms with Crippen LogP contribution in [0.25, 0.3) is 11.2 Å². The number of esters is 2. The number of carbonyl (C=O) groups is 2. The molecule has 0 aliphatic rings. The number of hydrogen-bond donors (Lipinski definition) is 2. The van der Waals surface area contributed by atoms with Gasteiger partial charge in [0, 0.05) is 26.8 Å². The topological polar surface area (TPSA) is 142 Å². The van der Waals surface area contributed by atoms with Crippen molar-refractivity contribution in [3.05, 3.63) is 12.5 Å². The summed E-state index contributed by atoms with van der Waals surface area (Å²) >= 11 is 0. The number of nitrogens with zero attached hydrogens (tertiary/aromatic N) is 4. The third kappa shape index (κ3) is 4.62. The van der Waals surface area contributed by atoms with Crippen LogP contribution in [-0.4, -0.2) is 55.4 Å². The van der Waals surface area contributed by atoms with Gasteiger partial charge in [-0.1, -0.05) is 0 Å². The van der Waals surface area contributed by atoms with E-state index in [9.17, 15) is 14.7 Å². The number of aliphatic hydroxyl groups is 1. The highest BCUT2D eigenvalue weighted by atomic mass is 16.6. The molecule has 10 heteroatoms. The lowest BCUT2D eigenvalue weighted by atomic mass is 10.0. The standard InChI is InChI=1S/C14H19N5O5/c1-9(20)23-6-14(22,7-24-10(2)21)3-4-19-8-17-11-5-16-13(15)18-12(11)19/h5,8,22H,3-4,6-7H2,1-2H3,(H2,15,16,18). The fraction of sp³-hybridized carbons (Fsp3) is 0.500. The average molecular weight is 337 g/mol. The van der Waals surface area contributed by atoms with Crippen LogP contribution in [0.1, 0.15) is 20.3 Å². The first kappa shape index (κ1) is 17.6. The Bertz CT molecular complexity index is 726. The van der Waals surface area contributed by atoms with E-state index < -0.39 is 17.5 Å². The average Bonchev–Trinajstić information content (AvgIpc) is 2.91. The molecule has 0 radical (unpaired) electrons. The SMILES string of the molecule is CC(=O)OCC(O)(CCn1cnc2cnc(N)nc21)COC(C)=O. The van der Waals surface area contributed by atoms with E-state index in [1.165, 1.54) is 26.4 Å². The molecule has 0 unspecified atom stereocenters. The van der Waals surface area contributed by atoms with Gasteiger partial charge >= 0.3 is 11.9 Å². The highest BCUT2D eigenvalue weighted by Gasteiger charge is 2.30. The number of anilines is 1. The van der Waals surface area contributed by atoms with Crippen LogP contribution in [0.3, 0.4) is 0 Å². The molecule has 2 heterocycles. The van der Waals surface area contributed by atoms with Gasteiger partial charge in [-0.25, -0.2) is 9.97 Å². The zero-order valence-electron chi connectivity index (χ0n) is 13.4. The van der Waals surface area contributed by atoms with Crippen LogP contribution >= 0.6 is 0 Å². The van der Waals surface area contributed by atoms with Gasteiger partial charge < -0.3 is 24.9 Å². The fourth-order valence-electron chi connectivity index (χ4n) is 2.02. The first-order valence-corrected chi connectivity index (χ1v) is 7.21. The van der Waals surface area contributed by atoms with Crippen LogP contribution in [0.15, 0.2) is 12.5 Å². The molecule has 0 spiro atoms. The second-order valence-corrected chi connectivity index (χ2v) is 5.41. The summed E-state index contributed by atoms with van der Waals surface area (Å²) in [6.45, 7) is 2.18. The molecule has 0 atom stereocenters. The molecule has 2 aromatic rings. The van der Waals surface area contributed by atoms with Gasteiger partial charge in [0.1, 0.15) is 24.3 Å². The Labute approximate surface area is 137 Å². The number of ether oxygens (including phenoxy) is 2. The molecule has 130 valence electrons. The van der Waals surface area contributed by atoms with Crippen molar-refractivity contribution >= 4 is 29.1 Å². The third-order valence-corrected chi connectivity index (χ3v) is 3.28. The molecule has 2 aromatic heterocycles. The summed E-state index contributed by atoms with van der Waals surface area (Å²) in [6.07, 6.45) is 3.18. The van der Waals surface area contributed by atoms with Crippen LogP contribution in [-0.2, 0) is 25.6 Å². The largest absolute Gasteiger partial charge is 0.463 e. The van der Waals surface area contributed by atoms with Gasteiger partial charge in [0.25, 0.3) is 0 Å². The molecular formula is C14H19N5O5. The molecular weight excluding hydrogens is 318 g/mol. The fourth-order valence-corrected chi connectivity index (χ4v) is 2.02. The molecule has 0 amide bonds. The zero-order valence-corrected chi connectivity index (χ0v) is 13.4. The van der Waals surface area contributed by atoms with E-state index in [1.54, 1.807) is 4.57 Å². The lowest BCUT2D eigenvalue weighted by Gasteiger charge is -2.27. The summed E-state index contributed by atoms with van der Waals surface area (Å²) in [7, 11) is 0. The molecule has 10 nitrogen and oxygen atoms in total. The van der Waals surface area contributed by atoms with Gasteiger partial charge in [0.2, 0.25) is 5.95 Å². The van der Waals surface area contributed by atoms with E-state index in [4.69, 9.17) is 15.2 Å². The van der Waals surface area contributed by atoms with E-state index in [2.05, 4.69) is 15.0 Å². The maximum Gasteiger partial charge on any atom is 0.302 e. The van der Waals surface area contributed by atoms with Crippen molar-refractivity contribution in [1.29, 1.82) is 0 Å². The van der Waals surface area contributed by atoms with Crippen molar-refractivity contribution in [2.45, 2.75) is 32.4 Å². The van der Waals surface area contributed by atoms with Crippen LogP contribution in [0, 0.1) is 0 Å². The number of rotatable bonds is 7. The molecule has 3 N–H and O–H groups in total. The number of imidazole rings is 1. The number of nitrogen functional groups attached to an aromatic ring is 1. The van der Waals surface area contributed by atoms with E-state index in [-0.39, 0.29) is 25.6 Å². The highest BCUT2D eigenvalue weighted by Crippen LogP contribution is 2.17. The van der Waals surface area contributed by atoms with Crippen molar-refractivity contribution < 1.29 is 24.2 Å². The quantitative estimate of drug-likeness (QED) is 0.648. The second-order valence-electron chi connectivity index (χ2n) is 5.41. The van der Waals surface area contributed by atoms with E-state index in [0.29, 0.717) is 17.7 Å². The monoisotopic (exact) mass is 337 g/mol. The van der Waals surface area contributed by atoms with Crippen LogP contribution in [0.4, 0.5) is 5.95 Å². The van der Waals surface area contributed by atoms with E-state index >= 15 is 0 Å². The first-order valence-electron chi connectivity index (χ1n) is 7.21. The normalized spacial score (nSPS) is 11.5. The summed E-state index contributed by atoms with van der Waals surface area (Å²) in [4.78, 5) is 34.1. The third-order valence-electron chi connectivity index (χ3n) is 3.28. The second kappa shape index (κ2) is 7.21. The Hall–Kier alpha value is -2.75. The van der Waals surface area contributed by atoms with Crippen LogP contribution < -0.4 is 5.73 Å². The molecule has 24 heavy (non-hydrogen) atoms. The first-order chi connectivity index (χ1) is 11.3.